The van der Waals surface area contributed by atoms with Crippen LogP contribution >= 0.6 is 11.3 Å². The van der Waals surface area contributed by atoms with E-state index < -0.39 is 5.41 Å². The van der Waals surface area contributed by atoms with Crippen LogP contribution in [-0.4, -0.2) is 15.0 Å². The summed E-state index contributed by atoms with van der Waals surface area (Å²) in [6, 6.07) is 80.6. The first-order valence-corrected chi connectivity index (χ1v) is 21.8. The van der Waals surface area contributed by atoms with Gasteiger partial charge in [0.25, 0.3) is 0 Å². The zero-order valence-electron chi connectivity index (χ0n) is 33.6. The van der Waals surface area contributed by atoms with Crippen molar-refractivity contribution in [3.63, 3.8) is 0 Å². The van der Waals surface area contributed by atoms with Crippen LogP contribution in [-0.2, 0) is 5.41 Å². The Bertz CT molecular complexity index is 3390. The number of thiophene rings is 1. The standard InChI is InChI=1S/C58H37N3S/c1-5-17-38(18-6-1)39-29-31-41(32-30-39)56-59-55(40-19-7-2-8-20-40)60-57(61-56)50-36-48-45-25-13-15-27-51(45)58(43-21-9-3-10-22-43,44-23-11-4-12-24-44)52(48)37-47(50)42-33-34-54-49(35-42)46-26-14-16-28-53(46)62-54/h1-37H. The van der Waals surface area contributed by atoms with Crippen LogP contribution in [0.5, 0.6) is 0 Å². The Morgan fingerprint density at radius 1 is 0.290 bits per heavy atom. The van der Waals surface area contributed by atoms with Crippen LogP contribution < -0.4 is 0 Å². The van der Waals surface area contributed by atoms with Crippen molar-refractivity contribution < 1.29 is 0 Å². The lowest BCUT2D eigenvalue weighted by Gasteiger charge is -2.34. The van der Waals surface area contributed by atoms with Crippen molar-refractivity contribution >= 4 is 31.5 Å². The zero-order chi connectivity index (χ0) is 41.0. The smallest absolute Gasteiger partial charge is 0.164 e. The molecule has 290 valence electrons. The van der Waals surface area contributed by atoms with Gasteiger partial charge >= 0.3 is 0 Å². The van der Waals surface area contributed by atoms with E-state index in [9.17, 15) is 0 Å². The highest BCUT2D eigenvalue weighted by Crippen LogP contribution is 2.58. The number of fused-ring (bicyclic) bond motifs is 6. The van der Waals surface area contributed by atoms with Gasteiger partial charge in [0.15, 0.2) is 17.5 Å². The van der Waals surface area contributed by atoms with Crippen molar-refractivity contribution in [1.29, 1.82) is 0 Å². The Balaban J connectivity index is 1.16. The Labute approximate surface area is 364 Å². The molecule has 0 bridgehead atoms. The van der Waals surface area contributed by atoms with Crippen LogP contribution in [0.3, 0.4) is 0 Å². The van der Waals surface area contributed by atoms with Crippen molar-refractivity contribution in [3.05, 3.63) is 247 Å². The minimum absolute atomic E-state index is 0.569. The van der Waals surface area contributed by atoms with E-state index in [2.05, 4.69) is 200 Å². The van der Waals surface area contributed by atoms with Gasteiger partial charge in [0.05, 0.1) is 5.41 Å². The maximum atomic E-state index is 5.40. The quantitative estimate of drug-likeness (QED) is 0.161. The fourth-order valence-electron chi connectivity index (χ4n) is 9.59. The predicted molar refractivity (Wildman–Crippen MR) is 257 cm³/mol. The number of hydrogen-bond donors (Lipinski definition) is 0. The first-order chi connectivity index (χ1) is 30.7. The summed E-state index contributed by atoms with van der Waals surface area (Å²) >= 11 is 1.84. The van der Waals surface area contributed by atoms with Gasteiger partial charge in [-0.25, -0.2) is 15.0 Å². The van der Waals surface area contributed by atoms with E-state index in [1.165, 1.54) is 59.1 Å². The lowest BCUT2D eigenvalue weighted by molar-refractivity contribution is 0.769. The average Bonchev–Trinajstić information content (AvgIpc) is 3.87. The van der Waals surface area contributed by atoms with E-state index in [1.807, 2.05) is 35.6 Å². The van der Waals surface area contributed by atoms with Crippen LogP contribution in [0.2, 0.25) is 0 Å². The minimum Gasteiger partial charge on any atom is -0.208 e. The lowest BCUT2D eigenvalue weighted by Crippen LogP contribution is -2.28. The molecule has 12 rings (SSSR count). The normalized spacial score (nSPS) is 12.6. The first-order valence-electron chi connectivity index (χ1n) is 21.0. The van der Waals surface area contributed by atoms with E-state index in [-0.39, 0.29) is 0 Å². The van der Waals surface area contributed by atoms with Crippen LogP contribution in [0.1, 0.15) is 22.3 Å². The van der Waals surface area contributed by atoms with Crippen molar-refractivity contribution in [2.75, 3.05) is 0 Å². The molecule has 0 radical (unpaired) electrons. The molecule has 62 heavy (non-hydrogen) atoms. The molecule has 0 spiro atoms. The second-order valence-electron chi connectivity index (χ2n) is 15.9. The third-order valence-corrected chi connectivity index (χ3v) is 13.6. The van der Waals surface area contributed by atoms with Crippen molar-refractivity contribution in [1.82, 2.24) is 15.0 Å². The SMILES string of the molecule is c1ccc(-c2ccc(-c3nc(-c4ccccc4)nc(-c4cc5c(cc4-c4ccc6sc7ccccc7c6c4)C(c4ccccc4)(c4ccccc4)c4ccccc4-5)n3)cc2)cc1. The fraction of sp³-hybridized carbons (Fsp3) is 0.0172. The molecule has 11 aromatic rings. The highest BCUT2D eigenvalue weighted by atomic mass is 32.1. The van der Waals surface area contributed by atoms with E-state index in [1.54, 1.807) is 0 Å². The molecule has 2 aromatic heterocycles. The second kappa shape index (κ2) is 14.7. The van der Waals surface area contributed by atoms with Gasteiger partial charge in [-0.3, -0.25) is 0 Å². The molecule has 0 atom stereocenters. The van der Waals surface area contributed by atoms with Gasteiger partial charge in [-0.2, -0.15) is 0 Å². The van der Waals surface area contributed by atoms with E-state index in [0.29, 0.717) is 17.5 Å². The third-order valence-electron chi connectivity index (χ3n) is 12.4. The largest absolute Gasteiger partial charge is 0.208 e. The molecule has 0 aliphatic heterocycles. The molecule has 9 aromatic carbocycles. The van der Waals surface area contributed by atoms with Gasteiger partial charge in [-0.1, -0.05) is 194 Å². The molecule has 0 amide bonds. The van der Waals surface area contributed by atoms with E-state index >= 15 is 0 Å². The van der Waals surface area contributed by atoms with Crippen molar-refractivity contribution in [2.24, 2.45) is 0 Å². The highest BCUT2D eigenvalue weighted by molar-refractivity contribution is 7.25. The minimum atomic E-state index is -0.569. The molecule has 0 saturated carbocycles. The topological polar surface area (TPSA) is 38.7 Å². The molecule has 0 N–H and O–H groups in total. The molecule has 1 aliphatic rings. The summed E-state index contributed by atoms with van der Waals surface area (Å²) in [4.78, 5) is 15.9. The molecule has 0 saturated heterocycles. The van der Waals surface area contributed by atoms with Gasteiger partial charge < -0.3 is 0 Å². The number of aromatic nitrogens is 3. The molecular weight excluding hydrogens is 771 g/mol. The zero-order valence-corrected chi connectivity index (χ0v) is 34.4. The Hall–Kier alpha value is -7.79. The summed E-state index contributed by atoms with van der Waals surface area (Å²) in [5.41, 5.74) is 14.1. The first kappa shape index (κ1) is 36.1. The van der Waals surface area contributed by atoms with Gasteiger partial charge in [-0.05, 0) is 86.0 Å². The summed E-state index contributed by atoms with van der Waals surface area (Å²) in [5.74, 6) is 1.89. The van der Waals surface area contributed by atoms with Gasteiger partial charge in [0.2, 0.25) is 0 Å². The summed E-state index contributed by atoms with van der Waals surface area (Å²) in [7, 11) is 0. The molecule has 2 heterocycles. The molecular formula is C58H37N3S. The Morgan fingerprint density at radius 3 is 1.48 bits per heavy atom. The van der Waals surface area contributed by atoms with Gasteiger partial charge in [-0.15, -0.1) is 11.3 Å². The summed E-state index contributed by atoms with van der Waals surface area (Å²) in [6.45, 7) is 0. The van der Waals surface area contributed by atoms with E-state index in [0.717, 1.165) is 33.4 Å². The van der Waals surface area contributed by atoms with Crippen molar-refractivity contribution in [2.45, 2.75) is 5.41 Å². The molecule has 3 nitrogen and oxygen atoms in total. The summed E-state index contributed by atoms with van der Waals surface area (Å²) in [6.07, 6.45) is 0. The van der Waals surface area contributed by atoms with Gasteiger partial charge in [0, 0.05) is 36.9 Å². The number of benzene rings is 9. The third kappa shape index (κ3) is 5.83. The summed E-state index contributed by atoms with van der Waals surface area (Å²) < 4.78 is 2.55. The van der Waals surface area contributed by atoms with Crippen LogP contribution in [0.4, 0.5) is 0 Å². The number of nitrogens with zero attached hydrogens (tertiary/aromatic N) is 3. The van der Waals surface area contributed by atoms with Crippen LogP contribution in [0.15, 0.2) is 224 Å². The Morgan fingerprint density at radius 2 is 0.790 bits per heavy atom. The van der Waals surface area contributed by atoms with Crippen LogP contribution in [0.25, 0.3) is 87.7 Å². The monoisotopic (exact) mass is 807 g/mol. The maximum absolute atomic E-state index is 5.40. The number of hydrogen-bond acceptors (Lipinski definition) is 4. The molecule has 1 aliphatic carbocycles. The number of rotatable bonds is 7. The fourth-order valence-corrected chi connectivity index (χ4v) is 10.7. The van der Waals surface area contributed by atoms with Crippen molar-refractivity contribution in [3.8, 4) is 67.5 Å². The molecule has 4 heteroatoms. The Kier molecular flexibility index (Phi) is 8.58. The molecule has 0 unspecified atom stereocenters. The van der Waals surface area contributed by atoms with Gasteiger partial charge in [0.1, 0.15) is 0 Å². The highest BCUT2D eigenvalue weighted by Gasteiger charge is 2.46. The second-order valence-corrected chi connectivity index (χ2v) is 17.0. The molecule has 0 fully saturated rings. The predicted octanol–water partition coefficient (Wildman–Crippen LogP) is 14.9. The average molecular weight is 808 g/mol. The maximum Gasteiger partial charge on any atom is 0.164 e. The van der Waals surface area contributed by atoms with Crippen LogP contribution in [0, 0.1) is 0 Å². The summed E-state index contributed by atoms with van der Waals surface area (Å²) in [5, 5.41) is 2.51. The lowest BCUT2D eigenvalue weighted by atomic mass is 9.67. The van der Waals surface area contributed by atoms with E-state index in [4.69, 9.17) is 15.0 Å².